The predicted octanol–water partition coefficient (Wildman–Crippen LogP) is 2.81. The van der Waals surface area contributed by atoms with Crippen molar-refractivity contribution in [3.05, 3.63) is 29.8 Å². The van der Waals surface area contributed by atoms with Crippen molar-refractivity contribution in [2.75, 3.05) is 11.8 Å². The average Bonchev–Trinajstić information content (AvgIpc) is 2.59. The number of carboxylic acids is 1. The third kappa shape index (κ3) is 8.67. The minimum atomic E-state index is -3.81. The first kappa shape index (κ1) is 23.9. The summed E-state index contributed by atoms with van der Waals surface area (Å²) >= 11 is 10.0. The van der Waals surface area contributed by atoms with Crippen LogP contribution in [0.2, 0.25) is 0 Å². The molecule has 0 saturated carbocycles. The number of nitrogens with one attached hydrogen (secondary N) is 1. The lowest BCUT2D eigenvalue weighted by Crippen LogP contribution is -2.44. The van der Waals surface area contributed by atoms with E-state index >= 15 is 0 Å². The molecule has 2 N–H and O–H groups in total. The number of halogens is 2. The van der Waals surface area contributed by atoms with Crippen LogP contribution in [0.4, 0.5) is 0 Å². The van der Waals surface area contributed by atoms with Crippen molar-refractivity contribution in [2.24, 2.45) is 5.92 Å². The molecule has 0 amide bonds. The van der Waals surface area contributed by atoms with Gasteiger partial charge in [-0.2, -0.15) is 4.72 Å². The van der Waals surface area contributed by atoms with Gasteiger partial charge in [0.1, 0.15) is 6.04 Å². The molecule has 2 atom stereocenters. The summed E-state index contributed by atoms with van der Waals surface area (Å²) in [5, 5.41) is 9.10. The Hall–Kier alpha value is -1.15. The van der Waals surface area contributed by atoms with E-state index in [1.54, 1.807) is 19.1 Å². The maximum absolute atomic E-state index is 12.1. The quantitative estimate of drug-likeness (QED) is 0.640. The third-order valence-corrected chi connectivity index (χ3v) is 5.44. The van der Waals surface area contributed by atoms with E-state index in [1.165, 1.54) is 12.1 Å². The van der Waals surface area contributed by atoms with Gasteiger partial charge in [0, 0.05) is 0 Å². The van der Waals surface area contributed by atoms with Crippen LogP contribution < -0.4 is 4.72 Å². The van der Waals surface area contributed by atoms with Gasteiger partial charge >= 0.3 is 5.97 Å². The zero-order chi connectivity index (χ0) is 19.6. The molecule has 1 aromatic rings. The first-order chi connectivity index (χ1) is 11.6. The predicted molar refractivity (Wildman–Crippen MR) is 98.8 cm³/mol. The van der Waals surface area contributed by atoms with Crippen molar-refractivity contribution >= 4 is 45.0 Å². The number of hydrogen-bond acceptors (Lipinski definition) is 4. The van der Waals surface area contributed by atoms with E-state index in [-0.39, 0.29) is 28.4 Å². The Morgan fingerprint density at radius 3 is 1.96 bits per heavy atom. The molecule has 0 fully saturated rings. The van der Waals surface area contributed by atoms with Crippen molar-refractivity contribution < 1.29 is 23.1 Å². The van der Waals surface area contributed by atoms with Gasteiger partial charge in [-0.1, -0.05) is 38.0 Å². The molecule has 1 aromatic carbocycles. The zero-order valence-corrected chi connectivity index (χ0v) is 16.7. The SMILES string of the molecule is CCC(C)[C@H](NS(=O)(=O)c1ccc(C)cc1)C(=O)O.O=C(CCl)CCl. The highest BCUT2D eigenvalue weighted by Gasteiger charge is 2.29. The Balaban J connectivity index is 0.000000823. The van der Waals surface area contributed by atoms with Gasteiger partial charge in [0.15, 0.2) is 5.78 Å². The number of hydrogen-bond donors (Lipinski definition) is 2. The molecule has 1 rings (SSSR count). The molecule has 0 heterocycles. The molecule has 0 aliphatic rings. The number of Topliss-reactive ketones (excluding diaryl/α,β-unsaturated/α-hetero) is 1. The molecule has 0 aliphatic carbocycles. The van der Waals surface area contributed by atoms with Crippen molar-refractivity contribution in [3.63, 3.8) is 0 Å². The minimum absolute atomic E-state index is 0.0312. The van der Waals surface area contributed by atoms with Crippen LogP contribution in [0.3, 0.4) is 0 Å². The maximum Gasteiger partial charge on any atom is 0.322 e. The topological polar surface area (TPSA) is 101 Å². The van der Waals surface area contributed by atoms with Gasteiger partial charge in [0.2, 0.25) is 10.0 Å². The number of carbonyl (C=O) groups excluding carboxylic acids is 1. The fraction of sp³-hybridized carbons (Fsp3) is 0.500. The van der Waals surface area contributed by atoms with Gasteiger partial charge in [-0.3, -0.25) is 9.59 Å². The lowest BCUT2D eigenvalue weighted by atomic mass is 10.0. The van der Waals surface area contributed by atoms with Crippen LogP contribution in [-0.4, -0.2) is 43.1 Å². The van der Waals surface area contributed by atoms with Crippen LogP contribution in [0, 0.1) is 12.8 Å². The van der Waals surface area contributed by atoms with Crippen molar-refractivity contribution in [2.45, 2.75) is 38.1 Å². The van der Waals surface area contributed by atoms with Crippen LogP contribution in [-0.2, 0) is 19.6 Å². The summed E-state index contributed by atoms with van der Waals surface area (Å²) < 4.78 is 26.5. The van der Waals surface area contributed by atoms with E-state index in [1.807, 2.05) is 13.8 Å². The van der Waals surface area contributed by atoms with Crippen LogP contribution >= 0.6 is 23.2 Å². The second-order valence-electron chi connectivity index (χ2n) is 5.44. The Morgan fingerprint density at radius 1 is 1.16 bits per heavy atom. The van der Waals surface area contributed by atoms with Crippen LogP contribution in [0.1, 0.15) is 25.8 Å². The number of carboxylic acid groups (broad SMARTS) is 1. The third-order valence-electron chi connectivity index (χ3n) is 3.39. The number of rotatable bonds is 8. The van der Waals surface area contributed by atoms with E-state index < -0.39 is 22.0 Å². The van der Waals surface area contributed by atoms with Crippen LogP contribution in [0.5, 0.6) is 0 Å². The highest BCUT2D eigenvalue weighted by molar-refractivity contribution is 7.89. The molecule has 142 valence electrons. The number of carbonyl (C=O) groups is 2. The zero-order valence-electron chi connectivity index (χ0n) is 14.3. The van der Waals surface area contributed by atoms with Crippen molar-refractivity contribution in [1.82, 2.24) is 4.72 Å². The summed E-state index contributed by atoms with van der Waals surface area (Å²) in [7, 11) is -3.81. The normalized spacial score (nSPS) is 13.3. The van der Waals surface area contributed by atoms with E-state index in [4.69, 9.17) is 28.3 Å². The molecule has 6 nitrogen and oxygen atoms in total. The monoisotopic (exact) mass is 411 g/mol. The van der Waals surface area contributed by atoms with Gasteiger partial charge in [-0.25, -0.2) is 8.42 Å². The molecule has 0 saturated heterocycles. The molecular formula is C16H23Cl2NO5S. The molecular weight excluding hydrogens is 389 g/mol. The van der Waals surface area contributed by atoms with Gasteiger partial charge in [-0.15, -0.1) is 23.2 Å². The molecule has 9 heteroatoms. The van der Waals surface area contributed by atoms with E-state index in [0.717, 1.165) is 5.56 Å². The van der Waals surface area contributed by atoms with Gasteiger partial charge in [0.05, 0.1) is 16.7 Å². The van der Waals surface area contributed by atoms with Crippen LogP contribution in [0.25, 0.3) is 0 Å². The Labute approximate surface area is 158 Å². The van der Waals surface area contributed by atoms with Gasteiger partial charge in [0.25, 0.3) is 0 Å². The largest absolute Gasteiger partial charge is 0.480 e. The number of benzene rings is 1. The smallest absolute Gasteiger partial charge is 0.322 e. The molecule has 0 aromatic heterocycles. The second-order valence-corrected chi connectivity index (χ2v) is 7.69. The number of aryl methyl sites for hydroxylation is 1. The Bertz CT molecular complexity index is 656. The van der Waals surface area contributed by atoms with E-state index in [9.17, 15) is 18.0 Å². The molecule has 0 aliphatic heterocycles. The summed E-state index contributed by atoms with van der Waals surface area (Å²) in [4.78, 5) is 21.1. The first-order valence-corrected chi connectivity index (χ1v) is 10.1. The van der Waals surface area contributed by atoms with Gasteiger partial charge in [-0.05, 0) is 25.0 Å². The lowest BCUT2D eigenvalue weighted by molar-refractivity contribution is -0.140. The average molecular weight is 412 g/mol. The summed E-state index contributed by atoms with van der Waals surface area (Å²) in [5.74, 6) is -1.51. The lowest BCUT2D eigenvalue weighted by Gasteiger charge is -2.20. The number of aliphatic carboxylic acids is 1. The Morgan fingerprint density at radius 2 is 1.64 bits per heavy atom. The van der Waals surface area contributed by atoms with Gasteiger partial charge < -0.3 is 5.11 Å². The molecule has 0 spiro atoms. The number of ketones is 1. The highest BCUT2D eigenvalue weighted by Crippen LogP contribution is 2.14. The Kier molecular flexibility index (Phi) is 10.9. The number of alkyl halides is 2. The highest BCUT2D eigenvalue weighted by atomic mass is 35.5. The van der Waals surface area contributed by atoms with Crippen molar-refractivity contribution in [3.8, 4) is 0 Å². The van der Waals surface area contributed by atoms with Crippen molar-refractivity contribution in [1.29, 1.82) is 0 Å². The fourth-order valence-electron chi connectivity index (χ4n) is 1.63. The standard InChI is InChI=1S/C13H19NO4S.C3H4Cl2O/c1-4-10(3)12(13(15)16)14-19(17,18)11-7-5-9(2)6-8-11;4-1-3(6)2-5/h5-8,10,12,14H,4H2,1-3H3,(H,15,16);1-2H2/t10?,12-;/m0./s1. The number of sulfonamides is 1. The molecule has 25 heavy (non-hydrogen) atoms. The minimum Gasteiger partial charge on any atom is -0.480 e. The second kappa shape index (κ2) is 11.5. The van der Waals surface area contributed by atoms with Crippen LogP contribution in [0.15, 0.2) is 29.2 Å². The molecule has 0 radical (unpaired) electrons. The fourth-order valence-corrected chi connectivity index (χ4v) is 3.22. The molecule has 0 bridgehead atoms. The summed E-state index contributed by atoms with van der Waals surface area (Å²) in [6.45, 7) is 5.38. The summed E-state index contributed by atoms with van der Waals surface area (Å²) in [6, 6.07) is 5.16. The summed E-state index contributed by atoms with van der Waals surface area (Å²) in [5.41, 5.74) is 0.940. The van der Waals surface area contributed by atoms with E-state index in [0.29, 0.717) is 6.42 Å². The first-order valence-electron chi connectivity index (χ1n) is 7.54. The molecule has 1 unspecified atom stereocenters. The van der Waals surface area contributed by atoms with E-state index in [2.05, 4.69) is 4.72 Å². The summed E-state index contributed by atoms with van der Waals surface area (Å²) in [6.07, 6.45) is 0.577. The maximum atomic E-state index is 12.1.